The molecule has 1 saturated heterocycles. The molecule has 0 radical (unpaired) electrons. The van der Waals surface area contributed by atoms with E-state index in [4.69, 9.17) is 10.00 Å². The van der Waals surface area contributed by atoms with Crippen molar-refractivity contribution in [2.24, 2.45) is 0 Å². The van der Waals surface area contributed by atoms with Crippen LogP contribution in [0.3, 0.4) is 0 Å². The molecule has 1 N–H and O–H groups in total. The molecule has 0 aromatic carbocycles. The Morgan fingerprint density at radius 1 is 1.63 bits per heavy atom. The van der Waals surface area contributed by atoms with Gasteiger partial charge in [-0.2, -0.15) is 5.26 Å². The first-order valence-electron chi connectivity index (χ1n) is 6.28. The van der Waals surface area contributed by atoms with Crippen LogP contribution >= 0.6 is 11.3 Å². The van der Waals surface area contributed by atoms with E-state index in [9.17, 15) is 4.79 Å². The molecule has 0 bridgehead atoms. The van der Waals surface area contributed by atoms with Gasteiger partial charge in [0.1, 0.15) is 6.07 Å². The van der Waals surface area contributed by atoms with Gasteiger partial charge in [-0.15, -0.1) is 11.3 Å². The fourth-order valence-electron chi connectivity index (χ4n) is 1.93. The van der Waals surface area contributed by atoms with Crippen LogP contribution in [-0.4, -0.2) is 43.2 Å². The Hall–Kier alpha value is -1.42. The fraction of sp³-hybridized carbons (Fsp3) is 0.538. The number of nitriles is 1. The number of ether oxygens (including phenoxy) is 1. The summed E-state index contributed by atoms with van der Waals surface area (Å²) in [6, 6.07) is 3.74. The molecular formula is C13H17N3O2S. The lowest BCUT2D eigenvalue weighted by Gasteiger charge is -2.29. The summed E-state index contributed by atoms with van der Waals surface area (Å²) < 4.78 is 5.23. The van der Waals surface area contributed by atoms with Gasteiger partial charge in [-0.25, -0.2) is 0 Å². The summed E-state index contributed by atoms with van der Waals surface area (Å²) in [7, 11) is 0. The largest absolute Gasteiger partial charge is 0.378 e. The van der Waals surface area contributed by atoms with Crippen LogP contribution in [0.5, 0.6) is 0 Å². The smallest absolute Gasteiger partial charge is 0.239 e. The van der Waals surface area contributed by atoms with Crippen molar-refractivity contribution < 1.29 is 9.53 Å². The normalized spacial score (nSPS) is 16.9. The number of nitrogens with zero attached hydrogens (tertiary/aromatic N) is 2. The number of carbonyl (C=O) groups excluding carboxylic acids is 1. The zero-order valence-electron chi connectivity index (χ0n) is 10.9. The molecule has 6 heteroatoms. The van der Waals surface area contributed by atoms with Crippen LogP contribution in [0.2, 0.25) is 0 Å². The number of nitrogens with one attached hydrogen (secondary N) is 1. The Labute approximate surface area is 116 Å². The van der Waals surface area contributed by atoms with Crippen molar-refractivity contribution in [2.75, 3.05) is 26.3 Å². The number of carbonyl (C=O) groups is 1. The van der Waals surface area contributed by atoms with E-state index in [1.54, 1.807) is 0 Å². The minimum Gasteiger partial charge on any atom is -0.378 e. The van der Waals surface area contributed by atoms with Crippen molar-refractivity contribution in [3.63, 3.8) is 0 Å². The van der Waals surface area contributed by atoms with Crippen LogP contribution in [0.1, 0.15) is 17.4 Å². The number of morpholine rings is 1. The van der Waals surface area contributed by atoms with Gasteiger partial charge in [0.05, 0.1) is 24.8 Å². The van der Waals surface area contributed by atoms with Crippen molar-refractivity contribution in [1.82, 2.24) is 10.2 Å². The van der Waals surface area contributed by atoms with E-state index in [0.717, 1.165) is 4.88 Å². The highest BCUT2D eigenvalue weighted by atomic mass is 32.1. The maximum Gasteiger partial charge on any atom is 0.239 e. The summed E-state index contributed by atoms with van der Waals surface area (Å²) in [5, 5.41) is 13.8. The van der Waals surface area contributed by atoms with Gasteiger partial charge in [0.25, 0.3) is 0 Å². The van der Waals surface area contributed by atoms with E-state index in [-0.39, 0.29) is 11.9 Å². The molecular weight excluding hydrogens is 262 g/mol. The highest BCUT2D eigenvalue weighted by Crippen LogP contribution is 2.13. The predicted molar refractivity (Wildman–Crippen MR) is 72.7 cm³/mol. The SMILES string of the molecule is CC(NCc1cc(C#N)cs1)C(=O)N1CCOCC1. The average Bonchev–Trinajstić information content (AvgIpc) is 2.93. The third-order valence-corrected chi connectivity index (χ3v) is 4.00. The lowest BCUT2D eigenvalue weighted by molar-refractivity contribution is -0.137. The summed E-state index contributed by atoms with van der Waals surface area (Å²) in [6.45, 7) is 5.06. The first-order chi connectivity index (χ1) is 9.20. The number of hydrogen-bond acceptors (Lipinski definition) is 5. The summed E-state index contributed by atoms with van der Waals surface area (Å²) in [4.78, 5) is 15.0. The zero-order chi connectivity index (χ0) is 13.7. The van der Waals surface area contributed by atoms with E-state index in [1.807, 2.05) is 23.3 Å². The second-order valence-electron chi connectivity index (χ2n) is 4.45. The van der Waals surface area contributed by atoms with Gasteiger partial charge in [0, 0.05) is 29.9 Å². The molecule has 1 aliphatic heterocycles. The van der Waals surface area contributed by atoms with E-state index >= 15 is 0 Å². The number of rotatable bonds is 4. The first-order valence-corrected chi connectivity index (χ1v) is 7.16. The van der Waals surface area contributed by atoms with E-state index in [2.05, 4.69) is 11.4 Å². The van der Waals surface area contributed by atoms with Gasteiger partial charge in [-0.3, -0.25) is 4.79 Å². The minimum atomic E-state index is -0.217. The molecule has 0 spiro atoms. The maximum absolute atomic E-state index is 12.1. The van der Waals surface area contributed by atoms with Crippen molar-refractivity contribution in [1.29, 1.82) is 5.26 Å². The van der Waals surface area contributed by atoms with Crippen LogP contribution in [0.15, 0.2) is 11.4 Å². The molecule has 5 nitrogen and oxygen atoms in total. The Bertz CT molecular complexity index is 474. The molecule has 102 valence electrons. The Morgan fingerprint density at radius 3 is 3.00 bits per heavy atom. The van der Waals surface area contributed by atoms with Gasteiger partial charge in [0.15, 0.2) is 0 Å². The molecule has 2 rings (SSSR count). The summed E-state index contributed by atoms with van der Waals surface area (Å²) >= 11 is 1.53. The highest BCUT2D eigenvalue weighted by Gasteiger charge is 2.21. The lowest BCUT2D eigenvalue weighted by atomic mass is 10.2. The van der Waals surface area contributed by atoms with Crippen LogP contribution in [0, 0.1) is 11.3 Å². The topological polar surface area (TPSA) is 65.4 Å². The Balaban J connectivity index is 1.81. The average molecular weight is 279 g/mol. The molecule has 0 saturated carbocycles. The van der Waals surface area contributed by atoms with Crippen molar-refractivity contribution in [3.8, 4) is 6.07 Å². The van der Waals surface area contributed by atoms with Gasteiger partial charge in [0.2, 0.25) is 5.91 Å². The third-order valence-electron chi connectivity index (χ3n) is 3.06. The highest BCUT2D eigenvalue weighted by molar-refractivity contribution is 7.10. The molecule has 0 aliphatic carbocycles. The quantitative estimate of drug-likeness (QED) is 0.891. The molecule has 1 fully saturated rings. The lowest BCUT2D eigenvalue weighted by Crippen LogP contribution is -2.48. The van der Waals surface area contributed by atoms with Gasteiger partial charge in [-0.05, 0) is 13.0 Å². The first kappa shape index (κ1) is 14.0. The molecule has 1 aliphatic rings. The standard InChI is InChI=1S/C13H17N3O2S/c1-10(13(17)16-2-4-18-5-3-16)15-8-12-6-11(7-14)9-19-12/h6,9-10,15H,2-5,8H2,1H3. The van der Waals surface area contributed by atoms with Crippen LogP contribution < -0.4 is 5.32 Å². The van der Waals surface area contributed by atoms with Crippen molar-refractivity contribution in [2.45, 2.75) is 19.5 Å². The Kier molecular flexibility index (Phi) is 4.91. The van der Waals surface area contributed by atoms with Crippen LogP contribution in [0.4, 0.5) is 0 Å². The van der Waals surface area contributed by atoms with Crippen LogP contribution in [0.25, 0.3) is 0 Å². The second kappa shape index (κ2) is 6.66. The van der Waals surface area contributed by atoms with Crippen molar-refractivity contribution >= 4 is 17.2 Å². The van der Waals surface area contributed by atoms with E-state index in [1.165, 1.54) is 11.3 Å². The Morgan fingerprint density at radius 2 is 2.37 bits per heavy atom. The van der Waals surface area contributed by atoms with Gasteiger partial charge in [-0.1, -0.05) is 0 Å². The predicted octanol–water partition coefficient (Wildman–Crippen LogP) is 0.957. The molecule has 19 heavy (non-hydrogen) atoms. The summed E-state index contributed by atoms with van der Waals surface area (Å²) in [5.41, 5.74) is 0.675. The van der Waals surface area contributed by atoms with E-state index in [0.29, 0.717) is 38.4 Å². The third kappa shape index (κ3) is 3.77. The zero-order valence-corrected chi connectivity index (χ0v) is 11.7. The molecule has 1 amide bonds. The number of hydrogen-bond donors (Lipinski definition) is 1. The number of thiophene rings is 1. The molecule has 1 aromatic heterocycles. The second-order valence-corrected chi connectivity index (χ2v) is 5.45. The molecule has 1 atom stereocenters. The van der Waals surface area contributed by atoms with Crippen LogP contribution in [-0.2, 0) is 16.1 Å². The minimum absolute atomic E-state index is 0.111. The number of amides is 1. The van der Waals surface area contributed by atoms with Gasteiger partial charge >= 0.3 is 0 Å². The van der Waals surface area contributed by atoms with E-state index < -0.39 is 0 Å². The summed E-state index contributed by atoms with van der Waals surface area (Å²) in [5.74, 6) is 0.111. The molecule has 1 unspecified atom stereocenters. The summed E-state index contributed by atoms with van der Waals surface area (Å²) in [6.07, 6.45) is 0. The van der Waals surface area contributed by atoms with Gasteiger partial charge < -0.3 is 15.0 Å². The fourth-order valence-corrected chi connectivity index (χ4v) is 2.69. The molecule has 2 heterocycles. The maximum atomic E-state index is 12.1. The van der Waals surface area contributed by atoms with Crippen molar-refractivity contribution in [3.05, 3.63) is 21.9 Å². The monoisotopic (exact) mass is 279 g/mol. The molecule has 1 aromatic rings.